The van der Waals surface area contributed by atoms with E-state index in [2.05, 4.69) is 27.4 Å². The number of nitrogens with two attached hydrogens (primary N) is 1. The summed E-state index contributed by atoms with van der Waals surface area (Å²) in [6, 6.07) is 1.88. The quantitative estimate of drug-likeness (QED) is 0.646. The van der Waals surface area contributed by atoms with Crippen molar-refractivity contribution in [1.82, 2.24) is 19.7 Å². The molecule has 0 saturated heterocycles. The number of rotatable bonds is 4. The van der Waals surface area contributed by atoms with Gasteiger partial charge in [0.25, 0.3) is 0 Å². The zero-order valence-corrected chi connectivity index (χ0v) is 11.9. The van der Waals surface area contributed by atoms with E-state index >= 15 is 0 Å². The molecule has 0 bridgehead atoms. The molecule has 2 rings (SSSR count). The highest BCUT2D eigenvalue weighted by Crippen LogP contribution is 2.24. The average Bonchev–Trinajstić information content (AvgIpc) is 2.63. The van der Waals surface area contributed by atoms with E-state index in [1.54, 1.807) is 0 Å². The number of aromatic nitrogens is 4. The third kappa shape index (κ3) is 2.58. The topological polar surface area (TPSA) is 81.6 Å². The molecule has 0 saturated carbocycles. The molecule has 0 aliphatic heterocycles. The highest BCUT2D eigenvalue weighted by atomic mass is 15.3. The largest absolute Gasteiger partial charge is 0.308 e. The number of anilines is 1. The summed E-state index contributed by atoms with van der Waals surface area (Å²) < 4.78 is 1.84. The second kappa shape index (κ2) is 5.36. The minimum Gasteiger partial charge on any atom is -0.308 e. The van der Waals surface area contributed by atoms with Crippen LogP contribution in [-0.2, 0) is 13.5 Å². The first-order chi connectivity index (χ1) is 9.06. The first kappa shape index (κ1) is 13.5. The lowest BCUT2D eigenvalue weighted by molar-refractivity contribution is 0.731. The van der Waals surface area contributed by atoms with Gasteiger partial charge in [-0.15, -0.1) is 0 Å². The van der Waals surface area contributed by atoms with Crippen LogP contribution in [0.5, 0.6) is 0 Å². The summed E-state index contributed by atoms with van der Waals surface area (Å²) in [5, 5.41) is 4.40. The third-order valence-corrected chi connectivity index (χ3v) is 3.17. The van der Waals surface area contributed by atoms with Gasteiger partial charge in [-0.2, -0.15) is 5.10 Å². The lowest BCUT2D eigenvalue weighted by Gasteiger charge is -2.07. The Morgan fingerprint density at radius 2 is 2.05 bits per heavy atom. The predicted molar refractivity (Wildman–Crippen MR) is 75.5 cm³/mol. The van der Waals surface area contributed by atoms with Crippen LogP contribution in [0.3, 0.4) is 0 Å². The molecular formula is C13H20N6. The van der Waals surface area contributed by atoms with Crippen LogP contribution < -0.4 is 11.3 Å². The summed E-state index contributed by atoms with van der Waals surface area (Å²) >= 11 is 0. The maximum Gasteiger partial charge on any atom is 0.165 e. The van der Waals surface area contributed by atoms with E-state index in [-0.39, 0.29) is 0 Å². The first-order valence-corrected chi connectivity index (χ1v) is 6.42. The van der Waals surface area contributed by atoms with Crippen molar-refractivity contribution in [3.05, 3.63) is 23.1 Å². The van der Waals surface area contributed by atoms with Gasteiger partial charge in [0.1, 0.15) is 5.82 Å². The highest BCUT2D eigenvalue weighted by molar-refractivity contribution is 5.63. The highest BCUT2D eigenvalue weighted by Gasteiger charge is 2.15. The molecule has 0 fully saturated rings. The molecule has 6 heteroatoms. The van der Waals surface area contributed by atoms with E-state index in [0.29, 0.717) is 11.6 Å². The average molecular weight is 260 g/mol. The Kier molecular flexibility index (Phi) is 3.80. The fraction of sp³-hybridized carbons (Fsp3) is 0.462. The maximum absolute atomic E-state index is 5.48. The predicted octanol–water partition coefficient (Wildman–Crippen LogP) is 1.73. The van der Waals surface area contributed by atoms with E-state index < -0.39 is 0 Å². The second-order valence-electron chi connectivity index (χ2n) is 4.63. The van der Waals surface area contributed by atoms with Gasteiger partial charge < -0.3 is 5.43 Å². The molecule has 102 valence electrons. The second-order valence-corrected chi connectivity index (χ2v) is 4.63. The molecule has 0 aliphatic rings. The summed E-state index contributed by atoms with van der Waals surface area (Å²) in [5.74, 6) is 6.80. The molecule has 0 aliphatic carbocycles. The van der Waals surface area contributed by atoms with Gasteiger partial charge in [0.2, 0.25) is 0 Å². The van der Waals surface area contributed by atoms with Crippen molar-refractivity contribution < 1.29 is 0 Å². The number of nitrogen functional groups attached to an aromatic ring is 1. The minimum atomic E-state index is 0.635. The summed E-state index contributed by atoms with van der Waals surface area (Å²) in [6.07, 6.45) is 1.94. The van der Waals surface area contributed by atoms with Crippen molar-refractivity contribution >= 4 is 5.82 Å². The normalized spacial score (nSPS) is 10.8. The van der Waals surface area contributed by atoms with Crippen LogP contribution in [0.25, 0.3) is 11.4 Å². The fourth-order valence-corrected chi connectivity index (χ4v) is 2.16. The van der Waals surface area contributed by atoms with Crippen LogP contribution in [0.1, 0.15) is 30.4 Å². The van der Waals surface area contributed by atoms with Crippen LogP contribution in [-0.4, -0.2) is 19.7 Å². The van der Waals surface area contributed by atoms with Gasteiger partial charge in [-0.1, -0.05) is 13.3 Å². The zero-order valence-electron chi connectivity index (χ0n) is 11.9. The Morgan fingerprint density at radius 1 is 1.32 bits per heavy atom. The minimum absolute atomic E-state index is 0.635. The van der Waals surface area contributed by atoms with Gasteiger partial charge in [0, 0.05) is 24.5 Å². The van der Waals surface area contributed by atoms with Gasteiger partial charge in [0.15, 0.2) is 5.82 Å². The summed E-state index contributed by atoms with van der Waals surface area (Å²) in [7, 11) is 1.92. The van der Waals surface area contributed by atoms with Crippen molar-refractivity contribution in [2.45, 2.75) is 33.6 Å². The van der Waals surface area contributed by atoms with Crippen LogP contribution in [0.15, 0.2) is 6.07 Å². The molecule has 2 aromatic heterocycles. The molecule has 0 atom stereocenters. The molecule has 19 heavy (non-hydrogen) atoms. The molecule has 6 nitrogen and oxygen atoms in total. The fourth-order valence-electron chi connectivity index (χ4n) is 2.16. The van der Waals surface area contributed by atoms with E-state index in [9.17, 15) is 0 Å². The van der Waals surface area contributed by atoms with E-state index in [1.165, 1.54) is 0 Å². The van der Waals surface area contributed by atoms with Gasteiger partial charge >= 0.3 is 0 Å². The Balaban J connectivity index is 2.57. The summed E-state index contributed by atoms with van der Waals surface area (Å²) in [5.41, 5.74) is 6.55. The third-order valence-electron chi connectivity index (χ3n) is 3.17. The van der Waals surface area contributed by atoms with Gasteiger partial charge in [-0.05, 0) is 20.3 Å². The Labute approximate surface area is 113 Å². The van der Waals surface area contributed by atoms with Gasteiger partial charge in [-0.25, -0.2) is 15.8 Å². The standard InChI is InChI=1S/C13H20N6/c1-5-6-10-7-11(17-14)16-13(15-10)12-8(2)18-19(4)9(12)3/h7H,5-6,14H2,1-4H3,(H,15,16,17). The van der Waals surface area contributed by atoms with E-state index in [0.717, 1.165) is 35.5 Å². The van der Waals surface area contributed by atoms with Gasteiger partial charge in [-0.3, -0.25) is 4.68 Å². The smallest absolute Gasteiger partial charge is 0.165 e. The van der Waals surface area contributed by atoms with Crippen LogP contribution in [0.4, 0.5) is 5.82 Å². The Bertz CT molecular complexity index is 587. The summed E-state index contributed by atoms with van der Waals surface area (Å²) in [6.45, 7) is 6.10. The molecule has 2 aromatic rings. The number of hydrazine groups is 1. The zero-order chi connectivity index (χ0) is 14.0. The Morgan fingerprint density at radius 3 is 2.58 bits per heavy atom. The Hall–Kier alpha value is -1.95. The van der Waals surface area contributed by atoms with Crippen LogP contribution in [0.2, 0.25) is 0 Å². The lowest BCUT2D eigenvalue weighted by Crippen LogP contribution is -2.11. The SMILES string of the molecule is CCCc1cc(NN)nc(-c2c(C)nn(C)c2C)n1. The number of hydrogen-bond donors (Lipinski definition) is 2. The summed E-state index contributed by atoms with van der Waals surface area (Å²) in [4.78, 5) is 9.06. The molecule has 0 radical (unpaired) electrons. The van der Waals surface area contributed by atoms with Crippen molar-refractivity contribution in [2.24, 2.45) is 12.9 Å². The van der Waals surface area contributed by atoms with E-state index in [1.807, 2.05) is 31.6 Å². The van der Waals surface area contributed by atoms with Crippen molar-refractivity contribution in [2.75, 3.05) is 5.43 Å². The van der Waals surface area contributed by atoms with Crippen molar-refractivity contribution in [3.8, 4) is 11.4 Å². The number of nitrogens with zero attached hydrogens (tertiary/aromatic N) is 4. The van der Waals surface area contributed by atoms with Crippen molar-refractivity contribution in [3.63, 3.8) is 0 Å². The van der Waals surface area contributed by atoms with Crippen LogP contribution in [0, 0.1) is 13.8 Å². The number of hydrogen-bond acceptors (Lipinski definition) is 5. The molecule has 0 unspecified atom stereocenters. The van der Waals surface area contributed by atoms with Gasteiger partial charge in [0.05, 0.1) is 11.3 Å². The molecule has 2 heterocycles. The maximum atomic E-state index is 5.48. The number of aryl methyl sites for hydroxylation is 3. The molecule has 0 spiro atoms. The van der Waals surface area contributed by atoms with E-state index in [4.69, 9.17) is 5.84 Å². The molecular weight excluding hydrogens is 240 g/mol. The number of nitrogens with one attached hydrogen (secondary N) is 1. The first-order valence-electron chi connectivity index (χ1n) is 6.42. The molecule has 3 N–H and O–H groups in total. The molecule has 0 amide bonds. The van der Waals surface area contributed by atoms with Crippen molar-refractivity contribution in [1.29, 1.82) is 0 Å². The molecule has 0 aromatic carbocycles. The monoisotopic (exact) mass is 260 g/mol. The lowest BCUT2D eigenvalue weighted by atomic mass is 10.1. The van der Waals surface area contributed by atoms with Crippen LogP contribution >= 0.6 is 0 Å².